The van der Waals surface area contributed by atoms with Gasteiger partial charge in [0.1, 0.15) is 5.82 Å². The molecule has 0 saturated carbocycles. The average Bonchev–Trinajstić information content (AvgIpc) is 2.92. The standard InChI is InChI=1S/C27H36ClF4N5O3/c28-21-2-4-24(25(18-21)37-11-9-36(10-12-37)8-5-27(30,31)32)35-26(38)22-3-1-20(17-23(22)29)19-34-7-14-40-16-15-39-13-6-33/h1-4,17-18,34H,5-16,19,33H2,(H,35,38). The number of hydrogen-bond acceptors (Lipinski definition) is 7. The molecule has 0 aliphatic carbocycles. The van der Waals surface area contributed by atoms with Crippen molar-refractivity contribution in [2.75, 3.05) is 82.5 Å². The van der Waals surface area contributed by atoms with E-state index in [4.69, 9.17) is 26.8 Å². The van der Waals surface area contributed by atoms with Crippen LogP contribution >= 0.6 is 11.6 Å². The van der Waals surface area contributed by atoms with Gasteiger partial charge in [0.05, 0.1) is 49.8 Å². The number of nitrogens with two attached hydrogens (primary N) is 1. The summed E-state index contributed by atoms with van der Waals surface area (Å²) in [4.78, 5) is 16.7. The van der Waals surface area contributed by atoms with Gasteiger partial charge < -0.3 is 30.7 Å². The number of carbonyl (C=O) groups excluding carboxylic acids is 1. The number of benzene rings is 2. The Balaban J connectivity index is 1.51. The van der Waals surface area contributed by atoms with Crippen molar-refractivity contribution in [2.24, 2.45) is 5.73 Å². The van der Waals surface area contributed by atoms with Crippen LogP contribution in [0.25, 0.3) is 0 Å². The second kappa shape index (κ2) is 16.1. The molecule has 13 heteroatoms. The Morgan fingerprint density at radius 3 is 2.40 bits per heavy atom. The topological polar surface area (TPSA) is 92.1 Å². The summed E-state index contributed by atoms with van der Waals surface area (Å²) in [6.45, 7) is 5.10. The molecule has 2 aromatic carbocycles. The molecule has 0 aromatic heterocycles. The number of nitrogens with one attached hydrogen (secondary N) is 2. The van der Waals surface area contributed by atoms with E-state index in [2.05, 4.69) is 10.6 Å². The van der Waals surface area contributed by atoms with Crippen LogP contribution in [0, 0.1) is 5.82 Å². The van der Waals surface area contributed by atoms with Crippen molar-refractivity contribution in [1.29, 1.82) is 0 Å². The van der Waals surface area contributed by atoms with E-state index in [0.29, 0.717) is 94.2 Å². The van der Waals surface area contributed by atoms with Crippen LogP contribution in [0.3, 0.4) is 0 Å². The summed E-state index contributed by atoms with van der Waals surface area (Å²) in [7, 11) is 0. The summed E-state index contributed by atoms with van der Waals surface area (Å²) < 4.78 is 63.2. The molecule has 2 aromatic rings. The Morgan fingerprint density at radius 1 is 1.00 bits per heavy atom. The molecule has 3 rings (SSSR count). The second-order valence-corrected chi connectivity index (χ2v) is 9.75. The van der Waals surface area contributed by atoms with Gasteiger partial charge in [0.25, 0.3) is 5.91 Å². The number of amides is 1. The number of piperazine rings is 1. The lowest BCUT2D eigenvalue weighted by atomic mass is 10.1. The summed E-state index contributed by atoms with van der Waals surface area (Å²) in [6.07, 6.45) is -5.05. The molecule has 1 fully saturated rings. The van der Waals surface area contributed by atoms with E-state index >= 15 is 0 Å². The zero-order chi connectivity index (χ0) is 29.0. The van der Waals surface area contributed by atoms with Crippen molar-refractivity contribution in [3.05, 3.63) is 58.4 Å². The van der Waals surface area contributed by atoms with E-state index in [1.54, 1.807) is 29.2 Å². The summed E-state index contributed by atoms with van der Waals surface area (Å²) in [6, 6.07) is 9.35. The second-order valence-electron chi connectivity index (χ2n) is 9.31. The van der Waals surface area contributed by atoms with E-state index in [0.717, 1.165) is 0 Å². The van der Waals surface area contributed by atoms with Crippen LogP contribution in [0.5, 0.6) is 0 Å². The zero-order valence-corrected chi connectivity index (χ0v) is 23.0. The Kier molecular flexibility index (Phi) is 12.9. The molecule has 1 amide bonds. The van der Waals surface area contributed by atoms with Crippen LogP contribution < -0.4 is 21.3 Å². The molecule has 0 spiro atoms. The molecule has 1 saturated heterocycles. The predicted molar refractivity (Wildman–Crippen MR) is 148 cm³/mol. The average molecular weight is 590 g/mol. The van der Waals surface area contributed by atoms with Gasteiger partial charge in [-0.15, -0.1) is 0 Å². The molecule has 0 atom stereocenters. The highest BCUT2D eigenvalue weighted by Crippen LogP contribution is 2.31. The zero-order valence-electron chi connectivity index (χ0n) is 22.2. The van der Waals surface area contributed by atoms with Crippen LogP contribution in [0.2, 0.25) is 5.02 Å². The summed E-state index contributed by atoms with van der Waals surface area (Å²) in [5.41, 5.74) is 6.98. The number of alkyl halides is 3. The third kappa shape index (κ3) is 10.8. The van der Waals surface area contributed by atoms with Crippen molar-refractivity contribution >= 4 is 28.9 Å². The monoisotopic (exact) mass is 589 g/mol. The van der Waals surface area contributed by atoms with Gasteiger partial charge in [-0.1, -0.05) is 17.7 Å². The fraction of sp³-hybridized carbons (Fsp3) is 0.519. The minimum absolute atomic E-state index is 0.0555. The number of ether oxygens (including phenoxy) is 2. The van der Waals surface area contributed by atoms with Gasteiger partial charge in [-0.05, 0) is 35.9 Å². The Labute approximate surface area is 236 Å². The molecule has 1 aliphatic heterocycles. The predicted octanol–water partition coefficient (Wildman–Crippen LogP) is 3.89. The highest BCUT2D eigenvalue weighted by atomic mass is 35.5. The van der Waals surface area contributed by atoms with E-state index < -0.39 is 24.3 Å². The van der Waals surface area contributed by atoms with Gasteiger partial charge in [-0.25, -0.2) is 4.39 Å². The van der Waals surface area contributed by atoms with Gasteiger partial charge in [-0.2, -0.15) is 13.2 Å². The molecule has 1 aliphatic rings. The lowest BCUT2D eigenvalue weighted by molar-refractivity contribution is -0.138. The number of nitrogens with zero attached hydrogens (tertiary/aromatic N) is 2. The van der Waals surface area contributed by atoms with Gasteiger partial charge in [0.15, 0.2) is 0 Å². The van der Waals surface area contributed by atoms with Crippen LogP contribution in [0.15, 0.2) is 36.4 Å². The lowest BCUT2D eigenvalue weighted by Crippen LogP contribution is -2.47. The molecular formula is C27H36ClF4N5O3. The molecule has 1 heterocycles. The summed E-state index contributed by atoms with van der Waals surface area (Å²) in [5.74, 6) is -1.27. The maximum absolute atomic E-state index is 14.8. The number of hydrogen-bond donors (Lipinski definition) is 3. The smallest absolute Gasteiger partial charge is 0.378 e. The Morgan fingerprint density at radius 2 is 1.73 bits per heavy atom. The fourth-order valence-corrected chi connectivity index (χ4v) is 4.36. The fourth-order valence-electron chi connectivity index (χ4n) is 4.19. The first-order valence-electron chi connectivity index (χ1n) is 13.2. The first-order valence-corrected chi connectivity index (χ1v) is 13.5. The number of halogens is 5. The van der Waals surface area contributed by atoms with Gasteiger partial charge in [0, 0.05) is 57.4 Å². The van der Waals surface area contributed by atoms with E-state index in [9.17, 15) is 22.4 Å². The molecular weight excluding hydrogens is 554 g/mol. The van der Waals surface area contributed by atoms with Crippen molar-refractivity contribution in [3.8, 4) is 0 Å². The highest BCUT2D eigenvalue weighted by molar-refractivity contribution is 6.31. The van der Waals surface area contributed by atoms with E-state index in [-0.39, 0.29) is 12.1 Å². The van der Waals surface area contributed by atoms with E-state index in [1.807, 2.05) is 4.90 Å². The quantitative estimate of drug-likeness (QED) is 0.214. The van der Waals surface area contributed by atoms with Gasteiger partial charge >= 0.3 is 6.18 Å². The third-order valence-corrected chi connectivity index (χ3v) is 6.53. The van der Waals surface area contributed by atoms with Crippen molar-refractivity contribution in [1.82, 2.24) is 10.2 Å². The lowest BCUT2D eigenvalue weighted by Gasteiger charge is -2.37. The van der Waals surface area contributed by atoms with Crippen LogP contribution in [-0.4, -0.2) is 89.2 Å². The maximum Gasteiger partial charge on any atom is 0.390 e. The van der Waals surface area contributed by atoms with Gasteiger partial charge in [0.2, 0.25) is 0 Å². The first-order chi connectivity index (χ1) is 19.2. The normalized spacial score (nSPS) is 14.5. The summed E-state index contributed by atoms with van der Waals surface area (Å²) >= 11 is 6.20. The maximum atomic E-state index is 14.8. The first kappa shape index (κ1) is 32.0. The number of rotatable bonds is 15. The minimum Gasteiger partial charge on any atom is -0.378 e. The third-order valence-electron chi connectivity index (χ3n) is 6.30. The molecule has 0 bridgehead atoms. The van der Waals surface area contributed by atoms with E-state index in [1.165, 1.54) is 12.1 Å². The van der Waals surface area contributed by atoms with Gasteiger partial charge in [-0.3, -0.25) is 9.69 Å². The van der Waals surface area contributed by atoms with Crippen molar-refractivity contribution < 1.29 is 31.8 Å². The number of carbonyl (C=O) groups is 1. The van der Waals surface area contributed by atoms with Crippen LogP contribution in [0.4, 0.5) is 28.9 Å². The molecule has 222 valence electrons. The largest absolute Gasteiger partial charge is 0.390 e. The highest BCUT2D eigenvalue weighted by Gasteiger charge is 2.29. The van der Waals surface area contributed by atoms with Crippen molar-refractivity contribution in [2.45, 2.75) is 19.1 Å². The molecule has 4 N–H and O–H groups in total. The van der Waals surface area contributed by atoms with Crippen LogP contribution in [0.1, 0.15) is 22.3 Å². The number of anilines is 2. The minimum atomic E-state index is -4.19. The summed E-state index contributed by atoms with van der Waals surface area (Å²) in [5, 5.41) is 6.36. The molecule has 0 radical (unpaired) electrons. The van der Waals surface area contributed by atoms with Crippen molar-refractivity contribution in [3.63, 3.8) is 0 Å². The molecule has 0 unspecified atom stereocenters. The van der Waals surface area contributed by atoms with Crippen LogP contribution in [-0.2, 0) is 16.0 Å². The SMILES string of the molecule is NCCOCCOCCNCc1ccc(C(=O)Nc2ccc(Cl)cc2N2CCN(CCC(F)(F)F)CC2)c(F)c1. The Hall–Kier alpha value is -2.48. The molecule has 40 heavy (non-hydrogen) atoms. The Bertz CT molecular complexity index is 1080. The molecule has 8 nitrogen and oxygen atoms in total.